The van der Waals surface area contributed by atoms with Gasteiger partial charge in [0.2, 0.25) is 0 Å². The van der Waals surface area contributed by atoms with Crippen LogP contribution in [-0.2, 0) is 4.74 Å². The fourth-order valence-electron chi connectivity index (χ4n) is 3.28. The molecule has 0 spiro atoms. The maximum atomic E-state index is 10.5. The maximum absolute atomic E-state index is 10.5. The van der Waals surface area contributed by atoms with Crippen LogP contribution in [0.25, 0.3) is 11.2 Å². The van der Waals surface area contributed by atoms with E-state index in [1.807, 2.05) is 0 Å². The number of ether oxygens (including phenoxy) is 1. The van der Waals surface area contributed by atoms with E-state index in [9.17, 15) is 15.3 Å². The number of aromatic nitrogens is 4. The minimum atomic E-state index is -1.46. The van der Waals surface area contributed by atoms with Crippen molar-refractivity contribution in [3.8, 4) is 0 Å². The highest BCUT2D eigenvalue weighted by Gasteiger charge is 2.61. The number of fused-ring (bicyclic) bond motifs is 2. The number of nitrogens with zero attached hydrogens (tertiary/aromatic N) is 4. The second kappa shape index (κ2) is 4.10. The fraction of sp³-hybridized carbons (Fsp3) is 0.583. The standard InChI is InChI=1S/C12H15N5O4/c13-9-6-10(15-3-14-9)17(4-16-6)11-7(19)12(20)2-1-5(18)8(12)21-11/h3-5,7-8,11,18-20H,1-2H2,(H2,13,14,15)/t5-,7?,8?,11?,12?/m1/s1. The Balaban J connectivity index is 1.79. The summed E-state index contributed by atoms with van der Waals surface area (Å²) < 4.78 is 7.18. The minimum Gasteiger partial charge on any atom is -0.390 e. The lowest BCUT2D eigenvalue weighted by molar-refractivity contribution is -0.0850. The molecule has 2 fully saturated rings. The predicted octanol–water partition coefficient (Wildman–Crippen LogP) is -1.45. The van der Waals surface area contributed by atoms with Crippen LogP contribution < -0.4 is 5.73 Å². The first-order chi connectivity index (χ1) is 10.0. The number of anilines is 1. The molecule has 1 saturated heterocycles. The third-order valence-electron chi connectivity index (χ3n) is 4.41. The lowest BCUT2D eigenvalue weighted by atomic mass is 9.94. The van der Waals surface area contributed by atoms with Crippen LogP contribution in [0, 0.1) is 0 Å². The number of imidazole rings is 1. The molecule has 112 valence electrons. The third kappa shape index (κ3) is 1.57. The summed E-state index contributed by atoms with van der Waals surface area (Å²) in [6, 6.07) is 0. The quantitative estimate of drug-likeness (QED) is 0.501. The molecule has 3 heterocycles. The highest BCUT2D eigenvalue weighted by atomic mass is 16.6. The first-order valence-electron chi connectivity index (χ1n) is 6.69. The average molecular weight is 293 g/mol. The monoisotopic (exact) mass is 293 g/mol. The Bertz CT molecular complexity index is 706. The van der Waals surface area contributed by atoms with E-state index in [0.29, 0.717) is 17.6 Å². The molecule has 2 aliphatic rings. The number of hydrogen-bond acceptors (Lipinski definition) is 8. The second-order valence-corrected chi connectivity index (χ2v) is 5.57. The second-order valence-electron chi connectivity index (χ2n) is 5.57. The zero-order valence-corrected chi connectivity index (χ0v) is 11.0. The van der Waals surface area contributed by atoms with Crippen molar-refractivity contribution in [3.05, 3.63) is 12.7 Å². The van der Waals surface area contributed by atoms with Crippen molar-refractivity contribution in [1.82, 2.24) is 19.5 Å². The van der Waals surface area contributed by atoms with E-state index in [-0.39, 0.29) is 12.2 Å². The van der Waals surface area contributed by atoms with Crippen molar-refractivity contribution in [2.24, 2.45) is 0 Å². The summed E-state index contributed by atoms with van der Waals surface area (Å²) in [6.45, 7) is 0. The maximum Gasteiger partial charge on any atom is 0.167 e. The molecule has 0 radical (unpaired) electrons. The van der Waals surface area contributed by atoms with E-state index in [2.05, 4.69) is 15.0 Å². The van der Waals surface area contributed by atoms with Gasteiger partial charge in [-0.15, -0.1) is 0 Å². The molecule has 21 heavy (non-hydrogen) atoms. The van der Waals surface area contributed by atoms with E-state index >= 15 is 0 Å². The molecule has 0 amide bonds. The summed E-state index contributed by atoms with van der Waals surface area (Å²) in [7, 11) is 0. The number of aliphatic hydroxyl groups is 3. The highest BCUT2D eigenvalue weighted by Crippen LogP contribution is 2.47. The number of nitrogen functional groups attached to an aromatic ring is 1. The van der Waals surface area contributed by atoms with Crippen molar-refractivity contribution in [3.63, 3.8) is 0 Å². The first-order valence-corrected chi connectivity index (χ1v) is 6.69. The van der Waals surface area contributed by atoms with Crippen LogP contribution in [-0.4, -0.2) is 58.8 Å². The van der Waals surface area contributed by atoms with Crippen molar-refractivity contribution in [2.45, 2.75) is 43.0 Å². The van der Waals surface area contributed by atoms with Gasteiger partial charge in [0, 0.05) is 0 Å². The van der Waals surface area contributed by atoms with Gasteiger partial charge < -0.3 is 25.8 Å². The molecule has 2 aromatic rings. The summed E-state index contributed by atoms with van der Waals surface area (Å²) in [4.78, 5) is 12.0. The predicted molar refractivity (Wildman–Crippen MR) is 69.8 cm³/mol. The molecule has 9 heteroatoms. The summed E-state index contributed by atoms with van der Waals surface area (Å²) in [5.41, 5.74) is 5.07. The summed E-state index contributed by atoms with van der Waals surface area (Å²) >= 11 is 0. The molecule has 0 bridgehead atoms. The molecule has 5 atom stereocenters. The Morgan fingerprint density at radius 2 is 2.14 bits per heavy atom. The molecule has 2 aromatic heterocycles. The molecule has 0 aromatic carbocycles. The Labute approximate surface area is 119 Å². The molecule has 4 rings (SSSR count). The van der Waals surface area contributed by atoms with E-state index in [0.717, 1.165) is 0 Å². The lowest BCUT2D eigenvalue weighted by Crippen LogP contribution is -2.46. The van der Waals surface area contributed by atoms with E-state index in [1.165, 1.54) is 17.2 Å². The van der Waals surface area contributed by atoms with E-state index in [1.54, 1.807) is 0 Å². The number of rotatable bonds is 1. The number of aliphatic hydroxyl groups excluding tert-OH is 2. The fourth-order valence-corrected chi connectivity index (χ4v) is 3.28. The highest BCUT2D eigenvalue weighted by molar-refractivity contribution is 5.81. The van der Waals surface area contributed by atoms with Gasteiger partial charge >= 0.3 is 0 Å². The molecular weight excluding hydrogens is 278 g/mol. The molecule has 5 N–H and O–H groups in total. The summed E-state index contributed by atoms with van der Waals surface area (Å²) in [5.74, 6) is 0.227. The summed E-state index contributed by atoms with van der Waals surface area (Å²) in [5, 5.41) is 30.9. The number of hydrogen-bond donors (Lipinski definition) is 4. The zero-order valence-electron chi connectivity index (χ0n) is 11.0. The Morgan fingerprint density at radius 3 is 2.90 bits per heavy atom. The van der Waals surface area contributed by atoms with Gasteiger partial charge in [-0.2, -0.15) is 0 Å². The van der Waals surface area contributed by atoms with Crippen LogP contribution in [0.2, 0.25) is 0 Å². The van der Waals surface area contributed by atoms with Crippen LogP contribution in [0.4, 0.5) is 5.82 Å². The smallest absolute Gasteiger partial charge is 0.167 e. The van der Waals surface area contributed by atoms with Gasteiger partial charge in [0.25, 0.3) is 0 Å². The van der Waals surface area contributed by atoms with E-state index < -0.39 is 30.1 Å². The van der Waals surface area contributed by atoms with Crippen LogP contribution in [0.15, 0.2) is 12.7 Å². The largest absolute Gasteiger partial charge is 0.390 e. The van der Waals surface area contributed by atoms with Crippen molar-refractivity contribution in [1.29, 1.82) is 0 Å². The lowest BCUT2D eigenvalue weighted by Gasteiger charge is -2.25. The molecule has 1 aliphatic heterocycles. The van der Waals surface area contributed by atoms with Crippen LogP contribution in [0.3, 0.4) is 0 Å². The van der Waals surface area contributed by atoms with Crippen LogP contribution >= 0.6 is 0 Å². The Hall–Kier alpha value is -1.81. The van der Waals surface area contributed by atoms with Crippen LogP contribution in [0.5, 0.6) is 0 Å². The molecule has 4 unspecified atom stereocenters. The molecular formula is C12H15N5O4. The third-order valence-corrected chi connectivity index (χ3v) is 4.41. The molecule has 1 saturated carbocycles. The Kier molecular flexibility index (Phi) is 2.52. The minimum absolute atomic E-state index is 0.227. The van der Waals surface area contributed by atoms with Gasteiger partial charge in [0.15, 0.2) is 17.7 Å². The first kappa shape index (κ1) is 12.9. The van der Waals surface area contributed by atoms with Gasteiger partial charge in [-0.05, 0) is 12.8 Å². The molecule has 9 nitrogen and oxygen atoms in total. The van der Waals surface area contributed by atoms with Crippen LogP contribution in [0.1, 0.15) is 19.1 Å². The van der Waals surface area contributed by atoms with Gasteiger partial charge in [0.1, 0.15) is 29.7 Å². The van der Waals surface area contributed by atoms with Gasteiger partial charge in [-0.25, -0.2) is 15.0 Å². The average Bonchev–Trinajstić information content (AvgIpc) is 3.07. The summed E-state index contributed by atoms with van der Waals surface area (Å²) in [6.07, 6.45) is -0.298. The SMILES string of the molecule is Nc1ncnc2c1ncn2C1OC2[C@H](O)CCC2(O)C1O. The van der Waals surface area contributed by atoms with Gasteiger partial charge in [-0.3, -0.25) is 4.57 Å². The van der Waals surface area contributed by atoms with Crippen molar-refractivity contribution in [2.75, 3.05) is 5.73 Å². The zero-order chi connectivity index (χ0) is 14.8. The number of nitrogens with two attached hydrogens (primary N) is 1. The normalized spacial score (nSPS) is 39.0. The van der Waals surface area contributed by atoms with Crippen molar-refractivity contribution < 1.29 is 20.1 Å². The van der Waals surface area contributed by atoms with Gasteiger partial charge in [-0.1, -0.05) is 0 Å². The molecule has 1 aliphatic carbocycles. The Morgan fingerprint density at radius 1 is 1.33 bits per heavy atom. The van der Waals surface area contributed by atoms with E-state index in [4.69, 9.17) is 10.5 Å². The van der Waals surface area contributed by atoms with Crippen molar-refractivity contribution >= 4 is 17.0 Å². The van der Waals surface area contributed by atoms with Gasteiger partial charge in [0.05, 0.1) is 12.4 Å². The topological polar surface area (TPSA) is 140 Å².